The lowest BCUT2D eigenvalue weighted by Crippen LogP contribution is -2.48. The lowest BCUT2D eigenvalue weighted by atomic mass is 10.1. The van der Waals surface area contributed by atoms with Gasteiger partial charge in [0.05, 0.1) is 36.7 Å². The van der Waals surface area contributed by atoms with Crippen LogP contribution in [0.25, 0.3) is 0 Å². The highest BCUT2D eigenvalue weighted by atomic mass is 19.2. The highest BCUT2D eigenvalue weighted by molar-refractivity contribution is 6.04. The summed E-state index contributed by atoms with van der Waals surface area (Å²) in [5, 5.41) is 9.23. The Hall–Kier alpha value is -3.57. The number of nitrogens with one attached hydrogen (secondary N) is 2. The molecule has 2 N–H and O–H groups in total. The number of fused-ring (bicyclic) bond motifs is 1. The summed E-state index contributed by atoms with van der Waals surface area (Å²) in [6.45, 7) is 2.12. The molecule has 2 aliphatic rings. The quantitative estimate of drug-likeness (QED) is 0.699. The summed E-state index contributed by atoms with van der Waals surface area (Å²) in [5.74, 6) is -4.97. The van der Waals surface area contributed by atoms with Crippen molar-refractivity contribution < 1.29 is 27.6 Å². The smallest absolute Gasteiger partial charge is 0.322 e. The first-order valence-corrected chi connectivity index (χ1v) is 10.0. The van der Waals surface area contributed by atoms with Crippen LogP contribution in [0.2, 0.25) is 0 Å². The van der Waals surface area contributed by atoms with Crippen molar-refractivity contribution in [2.24, 2.45) is 0 Å². The zero-order valence-electron chi connectivity index (χ0n) is 17.4. The molecule has 0 unspecified atom stereocenters. The molecule has 2 aromatic rings. The van der Waals surface area contributed by atoms with E-state index in [1.165, 1.54) is 23.0 Å². The molecule has 0 aliphatic carbocycles. The normalized spacial score (nSPS) is 20.3. The summed E-state index contributed by atoms with van der Waals surface area (Å²) in [6, 6.07) is -0.283. The highest BCUT2D eigenvalue weighted by Gasteiger charge is 2.40. The van der Waals surface area contributed by atoms with E-state index in [4.69, 9.17) is 0 Å². The fraction of sp³-hybridized carbons (Fsp3) is 0.400. The third-order valence-electron chi connectivity index (χ3n) is 5.73. The van der Waals surface area contributed by atoms with Gasteiger partial charge < -0.3 is 15.5 Å². The second kappa shape index (κ2) is 8.17. The number of anilines is 2. The number of urea groups is 1. The Labute approximate surface area is 181 Å². The van der Waals surface area contributed by atoms with Gasteiger partial charge in [0.25, 0.3) is 0 Å². The van der Waals surface area contributed by atoms with Crippen LogP contribution < -0.4 is 15.5 Å². The maximum Gasteiger partial charge on any atom is 0.322 e. The number of nitrogens with zero attached hydrogens (tertiary/aromatic N) is 4. The Balaban J connectivity index is 1.59. The average Bonchev–Trinajstić information content (AvgIpc) is 3.32. The molecule has 1 aromatic carbocycles. The van der Waals surface area contributed by atoms with E-state index in [2.05, 4.69) is 15.7 Å². The van der Waals surface area contributed by atoms with Gasteiger partial charge in [0.1, 0.15) is 6.04 Å². The van der Waals surface area contributed by atoms with Crippen LogP contribution >= 0.6 is 0 Å². The summed E-state index contributed by atoms with van der Waals surface area (Å²) in [6.07, 6.45) is 2.07. The molecule has 170 valence electrons. The summed E-state index contributed by atoms with van der Waals surface area (Å²) < 4.78 is 41.8. The van der Waals surface area contributed by atoms with Gasteiger partial charge in [-0.1, -0.05) is 0 Å². The molecule has 0 spiro atoms. The van der Waals surface area contributed by atoms with E-state index in [1.807, 2.05) is 0 Å². The minimum absolute atomic E-state index is 0.0404. The molecule has 32 heavy (non-hydrogen) atoms. The molecule has 0 saturated carbocycles. The summed E-state index contributed by atoms with van der Waals surface area (Å²) in [4.78, 5) is 40.4. The molecule has 0 bridgehead atoms. The molecule has 4 rings (SSSR count). The predicted octanol–water partition coefficient (Wildman–Crippen LogP) is 1.98. The molecule has 0 radical (unpaired) electrons. The van der Waals surface area contributed by atoms with Crippen LogP contribution in [0.15, 0.2) is 18.3 Å². The molecule has 1 saturated heterocycles. The number of hydrogen-bond acceptors (Lipinski definition) is 4. The van der Waals surface area contributed by atoms with E-state index < -0.39 is 29.5 Å². The Morgan fingerprint density at radius 1 is 1.19 bits per heavy atom. The van der Waals surface area contributed by atoms with E-state index in [-0.39, 0.29) is 36.5 Å². The number of carbonyl (C=O) groups excluding carboxylic acids is 3. The Kier molecular flexibility index (Phi) is 5.53. The van der Waals surface area contributed by atoms with Crippen molar-refractivity contribution >= 4 is 29.2 Å². The van der Waals surface area contributed by atoms with Crippen molar-refractivity contribution in [2.45, 2.75) is 44.9 Å². The second-order valence-electron chi connectivity index (χ2n) is 7.75. The number of benzene rings is 1. The van der Waals surface area contributed by atoms with Gasteiger partial charge in [0.15, 0.2) is 17.5 Å². The maximum atomic E-state index is 13.5. The van der Waals surface area contributed by atoms with Crippen molar-refractivity contribution in [3.8, 4) is 0 Å². The molecular formula is C20H21F3N6O3. The zero-order chi connectivity index (χ0) is 23.2. The van der Waals surface area contributed by atoms with Gasteiger partial charge in [-0.25, -0.2) is 18.0 Å². The fourth-order valence-corrected chi connectivity index (χ4v) is 4.08. The van der Waals surface area contributed by atoms with Crippen molar-refractivity contribution in [3.63, 3.8) is 0 Å². The van der Waals surface area contributed by atoms with Crippen LogP contribution in [-0.4, -0.2) is 51.7 Å². The van der Waals surface area contributed by atoms with Gasteiger partial charge in [-0.15, -0.1) is 0 Å². The summed E-state index contributed by atoms with van der Waals surface area (Å²) in [5.41, 5.74) is 0.760. The average molecular weight is 450 g/mol. The lowest BCUT2D eigenvalue weighted by molar-refractivity contribution is -0.123. The van der Waals surface area contributed by atoms with Crippen LogP contribution in [0.4, 0.5) is 29.3 Å². The van der Waals surface area contributed by atoms with E-state index in [0.717, 1.165) is 0 Å². The van der Waals surface area contributed by atoms with Gasteiger partial charge in [0, 0.05) is 31.3 Å². The molecule has 12 heteroatoms. The summed E-state index contributed by atoms with van der Waals surface area (Å²) >= 11 is 0. The zero-order valence-corrected chi connectivity index (χ0v) is 17.4. The minimum atomic E-state index is -1.62. The van der Waals surface area contributed by atoms with Gasteiger partial charge in [-0.2, -0.15) is 5.10 Å². The van der Waals surface area contributed by atoms with Crippen LogP contribution in [-0.2, 0) is 22.7 Å². The summed E-state index contributed by atoms with van der Waals surface area (Å²) in [7, 11) is 1.49. The third-order valence-corrected chi connectivity index (χ3v) is 5.73. The molecule has 9 nitrogen and oxygen atoms in total. The van der Waals surface area contributed by atoms with Gasteiger partial charge in [-0.05, 0) is 13.3 Å². The SMILES string of the molecule is CNC(=O)[C@@H]1CCC(=O)N1c1cnn2c1CN(C(=O)Nc1cc(F)c(F)c(F)c1)[C@@H](C)C2. The maximum absolute atomic E-state index is 13.5. The molecule has 1 fully saturated rings. The highest BCUT2D eigenvalue weighted by Crippen LogP contribution is 2.33. The van der Waals surface area contributed by atoms with E-state index >= 15 is 0 Å². The van der Waals surface area contributed by atoms with Crippen molar-refractivity contribution in [1.29, 1.82) is 0 Å². The monoisotopic (exact) mass is 450 g/mol. The number of carbonyl (C=O) groups is 3. The number of halogens is 3. The van der Waals surface area contributed by atoms with Gasteiger partial charge >= 0.3 is 6.03 Å². The van der Waals surface area contributed by atoms with Crippen LogP contribution in [0, 0.1) is 17.5 Å². The molecule has 1 aromatic heterocycles. The Morgan fingerprint density at radius 2 is 1.88 bits per heavy atom. The van der Waals surface area contributed by atoms with Crippen LogP contribution in [0.5, 0.6) is 0 Å². The number of likely N-dealkylation sites (N-methyl/N-ethyl adjacent to an activating group) is 1. The van der Waals surface area contributed by atoms with E-state index in [0.29, 0.717) is 36.5 Å². The van der Waals surface area contributed by atoms with Crippen molar-refractivity contribution in [1.82, 2.24) is 20.0 Å². The standard InChI is InChI=1S/C20H21F3N6O3/c1-10-8-28-16(15(7-25-28)29-14(19(31)24-2)3-4-17(29)30)9-27(10)20(32)26-11-5-12(21)18(23)13(22)6-11/h5-7,10,14H,3-4,8-9H2,1-2H3,(H,24,31)(H,26,32)/t10-,14-/m0/s1. The molecule has 2 atom stereocenters. The van der Waals surface area contributed by atoms with Gasteiger partial charge in [-0.3, -0.25) is 19.2 Å². The van der Waals surface area contributed by atoms with E-state index in [1.54, 1.807) is 11.6 Å². The molecule has 4 amide bonds. The Morgan fingerprint density at radius 3 is 2.53 bits per heavy atom. The third kappa shape index (κ3) is 3.65. The first-order valence-electron chi connectivity index (χ1n) is 10.0. The number of hydrogen-bond donors (Lipinski definition) is 2. The number of aromatic nitrogens is 2. The Bertz CT molecular complexity index is 1080. The van der Waals surface area contributed by atoms with Crippen LogP contribution in [0.3, 0.4) is 0 Å². The number of amides is 4. The lowest BCUT2D eigenvalue weighted by Gasteiger charge is -2.35. The molecule has 2 aliphatic heterocycles. The van der Waals surface area contributed by atoms with Crippen LogP contribution in [0.1, 0.15) is 25.5 Å². The first-order chi connectivity index (χ1) is 15.2. The number of rotatable bonds is 3. The van der Waals surface area contributed by atoms with Gasteiger partial charge in [0.2, 0.25) is 11.8 Å². The largest absolute Gasteiger partial charge is 0.357 e. The molecule has 3 heterocycles. The van der Waals surface area contributed by atoms with E-state index in [9.17, 15) is 27.6 Å². The fourth-order valence-electron chi connectivity index (χ4n) is 4.08. The topological polar surface area (TPSA) is 99.6 Å². The second-order valence-corrected chi connectivity index (χ2v) is 7.75. The van der Waals surface area contributed by atoms with Crippen molar-refractivity contribution in [3.05, 3.63) is 41.5 Å². The first kappa shape index (κ1) is 21.7. The molecular weight excluding hydrogens is 429 g/mol. The predicted molar refractivity (Wildman–Crippen MR) is 107 cm³/mol. The van der Waals surface area contributed by atoms with Crippen molar-refractivity contribution in [2.75, 3.05) is 17.3 Å². The minimum Gasteiger partial charge on any atom is -0.357 e.